The Labute approximate surface area is 210 Å². The van der Waals surface area contributed by atoms with Crippen LogP contribution in [0.1, 0.15) is 48.5 Å². The lowest BCUT2D eigenvalue weighted by molar-refractivity contribution is 0.0240. The van der Waals surface area contributed by atoms with E-state index in [2.05, 4.69) is 26.9 Å². The Balaban J connectivity index is 1.42. The summed E-state index contributed by atoms with van der Waals surface area (Å²) in [5.74, 6) is -0.220. The van der Waals surface area contributed by atoms with E-state index in [1.807, 2.05) is 58.9 Å². The van der Waals surface area contributed by atoms with Gasteiger partial charge in [0.2, 0.25) is 5.76 Å². The van der Waals surface area contributed by atoms with Gasteiger partial charge in [0, 0.05) is 48.9 Å². The predicted molar refractivity (Wildman–Crippen MR) is 137 cm³/mol. The van der Waals surface area contributed by atoms with Gasteiger partial charge in [-0.15, -0.1) is 0 Å². The van der Waals surface area contributed by atoms with Gasteiger partial charge in [0.05, 0.1) is 5.69 Å². The van der Waals surface area contributed by atoms with Crippen LogP contribution >= 0.6 is 0 Å². The van der Waals surface area contributed by atoms with Gasteiger partial charge >= 0.3 is 6.09 Å². The van der Waals surface area contributed by atoms with Crippen LogP contribution in [0.4, 0.5) is 16.2 Å². The van der Waals surface area contributed by atoms with Crippen molar-refractivity contribution in [3.8, 4) is 11.8 Å². The number of nitriles is 1. The molecule has 0 aliphatic carbocycles. The molecule has 1 fully saturated rings. The topological polar surface area (TPSA) is 104 Å². The predicted octanol–water partition coefficient (Wildman–Crippen LogP) is 4.87. The first-order valence-corrected chi connectivity index (χ1v) is 11.9. The van der Waals surface area contributed by atoms with Crippen molar-refractivity contribution >= 4 is 23.4 Å². The van der Waals surface area contributed by atoms with Crippen LogP contribution in [-0.2, 0) is 4.74 Å². The van der Waals surface area contributed by atoms with E-state index in [1.54, 1.807) is 4.90 Å². The average Bonchev–Trinajstić information content (AvgIpc) is 3.43. The van der Waals surface area contributed by atoms with Crippen molar-refractivity contribution in [3.05, 3.63) is 65.4 Å². The van der Waals surface area contributed by atoms with E-state index in [-0.39, 0.29) is 17.6 Å². The minimum atomic E-state index is -0.499. The lowest BCUT2D eigenvalue weighted by atomic mass is 10.2. The van der Waals surface area contributed by atoms with Gasteiger partial charge in [0.15, 0.2) is 5.76 Å². The van der Waals surface area contributed by atoms with Crippen LogP contribution in [0.3, 0.4) is 0 Å². The van der Waals surface area contributed by atoms with Crippen molar-refractivity contribution in [1.82, 2.24) is 9.47 Å². The highest BCUT2D eigenvalue weighted by atomic mass is 16.6. The smallest absolute Gasteiger partial charge is 0.410 e. The van der Waals surface area contributed by atoms with Gasteiger partial charge in [0.1, 0.15) is 11.7 Å². The van der Waals surface area contributed by atoms with Crippen molar-refractivity contribution in [2.45, 2.75) is 40.2 Å². The van der Waals surface area contributed by atoms with E-state index in [0.29, 0.717) is 18.8 Å². The van der Waals surface area contributed by atoms with Crippen LogP contribution in [-0.4, -0.2) is 53.2 Å². The largest absolute Gasteiger partial charge is 0.444 e. The van der Waals surface area contributed by atoms with Crippen LogP contribution in [0.25, 0.3) is 5.69 Å². The molecule has 0 spiro atoms. The Morgan fingerprint density at radius 1 is 1.00 bits per heavy atom. The number of hydrogen-bond acceptors (Lipinski definition) is 6. The molecule has 188 valence electrons. The Hall–Kier alpha value is -4.19. The number of aromatic nitrogens is 1. The first-order chi connectivity index (χ1) is 17.1. The second-order valence-corrected chi connectivity index (χ2v) is 9.82. The Bertz CT molecular complexity index is 1300. The maximum absolute atomic E-state index is 12.5. The van der Waals surface area contributed by atoms with Crippen molar-refractivity contribution in [3.63, 3.8) is 0 Å². The van der Waals surface area contributed by atoms with Gasteiger partial charge in [-0.2, -0.15) is 5.26 Å². The number of amides is 2. The van der Waals surface area contributed by atoms with Gasteiger partial charge in [-0.3, -0.25) is 4.79 Å². The number of hydrogen-bond donors (Lipinski definition) is 1. The number of nitrogens with one attached hydrogen (secondary N) is 1. The fraction of sp³-hybridized carbons (Fsp3) is 0.370. The zero-order valence-electron chi connectivity index (χ0n) is 21.3. The molecule has 0 radical (unpaired) electrons. The lowest BCUT2D eigenvalue weighted by Crippen LogP contribution is -2.50. The SMILES string of the molecule is Cc1cc(NC(=O)c2ccc(C#N)o2)c(C)n1-c1ccc(N2CCN(C(=O)OC(C)(C)C)CC2)cc1. The number of benzene rings is 1. The maximum Gasteiger partial charge on any atom is 0.410 e. The van der Waals surface area contributed by atoms with Crippen molar-refractivity contribution < 1.29 is 18.7 Å². The number of ether oxygens (including phenoxy) is 1. The molecule has 0 unspecified atom stereocenters. The van der Waals surface area contributed by atoms with E-state index in [0.717, 1.165) is 35.9 Å². The number of furan rings is 1. The summed E-state index contributed by atoms with van der Waals surface area (Å²) in [6.45, 7) is 12.2. The zero-order chi connectivity index (χ0) is 26.0. The molecule has 1 aromatic carbocycles. The van der Waals surface area contributed by atoms with Gasteiger partial charge in [-0.25, -0.2) is 4.79 Å². The van der Waals surface area contributed by atoms with E-state index in [4.69, 9.17) is 14.4 Å². The second kappa shape index (κ2) is 9.82. The number of rotatable bonds is 4. The van der Waals surface area contributed by atoms with Gasteiger partial charge in [-0.1, -0.05) is 0 Å². The van der Waals surface area contributed by atoms with E-state index >= 15 is 0 Å². The third-order valence-electron chi connectivity index (χ3n) is 6.02. The summed E-state index contributed by atoms with van der Waals surface area (Å²) >= 11 is 0. The maximum atomic E-state index is 12.5. The summed E-state index contributed by atoms with van der Waals surface area (Å²) in [5.41, 5.74) is 4.09. The van der Waals surface area contributed by atoms with Crippen LogP contribution in [0.5, 0.6) is 0 Å². The number of carbonyl (C=O) groups is 2. The van der Waals surface area contributed by atoms with Crippen molar-refractivity contribution in [2.24, 2.45) is 0 Å². The van der Waals surface area contributed by atoms with E-state index < -0.39 is 11.5 Å². The summed E-state index contributed by atoms with van der Waals surface area (Å²) in [4.78, 5) is 28.9. The normalized spacial score (nSPS) is 13.9. The minimum Gasteiger partial charge on any atom is -0.444 e. The highest BCUT2D eigenvalue weighted by Crippen LogP contribution is 2.27. The van der Waals surface area contributed by atoms with Crippen molar-refractivity contribution in [1.29, 1.82) is 5.26 Å². The monoisotopic (exact) mass is 489 g/mol. The molecule has 36 heavy (non-hydrogen) atoms. The quantitative estimate of drug-likeness (QED) is 0.561. The summed E-state index contributed by atoms with van der Waals surface area (Å²) in [6, 6.07) is 15.0. The Morgan fingerprint density at radius 3 is 2.22 bits per heavy atom. The average molecular weight is 490 g/mol. The molecule has 0 atom stereocenters. The highest BCUT2D eigenvalue weighted by molar-refractivity contribution is 6.02. The molecular weight excluding hydrogens is 458 g/mol. The molecule has 1 aliphatic rings. The molecule has 0 saturated carbocycles. The number of nitrogens with zero attached hydrogens (tertiary/aromatic N) is 4. The standard InChI is InChI=1S/C27H31N5O4/c1-18-16-23(29-25(33)24-11-10-22(17-28)35-24)19(2)32(18)21-8-6-20(7-9-21)30-12-14-31(15-13-30)26(34)36-27(3,4)5/h6-11,16H,12-15H2,1-5H3,(H,29,33). The summed E-state index contributed by atoms with van der Waals surface area (Å²) < 4.78 is 12.8. The molecule has 3 heterocycles. The third kappa shape index (κ3) is 5.38. The van der Waals surface area contributed by atoms with Crippen LogP contribution in [0.2, 0.25) is 0 Å². The van der Waals surface area contributed by atoms with Gasteiger partial charge in [0.25, 0.3) is 5.91 Å². The Kier molecular flexibility index (Phi) is 6.80. The fourth-order valence-corrected chi connectivity index (χ4v) is 4.28. The molecule has 3 aromatic rings. The minimum absolute atomic E-state index is 0.0903. The molecule has 1 N–H and O–H groups in total. The molecule has 1 saturated heterocycles. The second-order valence-electron chi connectivity index (χ2n) is 9.82. The Morgan fingerprint density at radius 2 is 1.64 bits per heavy atom. The van der Waals surface area contributed by atoms with Gasteiger partial charge in [-0.05, 0) is 77.1 Å². The summed E-state index contributed by atoms with van der Waals surface area (Å²) in [6.07, 6.45) is -0.267. The first-order valence-electron chi connectivity index (χ1n) is 11.9. The molecule has 2 aromatic heterocycles. The molecule has 1 aliphatic heterocycles. The van der Waals surface area contributed by atoms with E-state index in [9.17, 15) is 9.59 Å². The van der Waals surface area contributed by atoms with Crippen LogP contribution in [0, 0.1) is 25.2 Å². The molecule has 9 nitrogen and oxygen atoms in total. The third-order valence-corrected chi connectivity index (χ3v) is 6.02. The zero-order valence-corrected chi connectivity index (χ0v) is 21.3. The fourth-order valence-electron chi connectivity index (χ4n) is 4.28. The number of piperazine rings is 1. The van der Waals surface area contributed by atoms with Crippen LogP contribution < -0.4 is 10.2 Å². The van der Waals surface area contributed by atoms with Crippen LogP contribution in [0.15, 0.2) is 46.9 Å². The van der Waals surface area contributed by atoms with Crippen molar-refractivity contribution in [2.75, 3.05) is 36.4 Å². The summed E-state index contributed by atoms with van der Waals surface area (Å²) in [7, 11) is 0. The van der Waals surface area contributed by atoms with E-state index in [1.165, 1.54) is 12.1 Å². The molecular formula is C27H31N5O4. The number of aryl methyl sites for hydroxylation is 1. The number of anilines is 2. The van der Waals surface area contributed by atoms with Gasteiger partial charge < -0.3 is 28.8 Å². The summed E-state index contributed by atoms with van der Waals surface area (Å²) in [5, 5.41) is 11.8. The lowest BCUT2D eigenvalue weighted by Gasteiger charge is -2.36. The number of carbonyl (C=O) groups excluding carboxylic acids is 2. The molecule has 2 amide bonds. The molecule has 0 bridgehead atoms. The molecule has 9 heteroatoms. The molecule has 4 rings (SSSR count). The highest BCUT2D eigenvalue weighted by Gasteiger charge is 2.26. The first kappa shape index (κ1) is 24.9.